The van der Waals surface area contributed by atoms with Crippen molar-refractivity contribution < 1.29 is 4.39 Å². The lowest BCUT2D eigenvalue weighted by Crippen LogP contribution is -2.05. The molecule has 2 heterocycles. The SMILES string of the molecule is Cc1cc(F)ncc1Cn1ccnc1C1CC1. The number of imidazole rings is 1. The van der Waals surface area contributed by atoms with Gasteiger partial charge in [-0.2, -0.15) is 4.39 Å². The van der Waals surface area contributed by atoms with E-state index in [1.807, 2.05) is 19.3 Å². The number of halogens is 1. The molecule has 0 bridgehead atoms. The van der Waals surface area contributed by atoms with Gasteiger partial charge in [0.1, 0.15) is 5.82 Å². The van der Waals surface area contributed by atoms with E-state index in [-0.39, 0.29) is 0 Å². The van der Waals surface area contributed by atoms with Crippen LogP contribution in [0.2, 0.25) is 0 Å². The summed E-state index contributed by atoms with van der Waals surface area (Å²) in [5, 5.41) is 0. The molecule has 0 aliphatic heterocycles. The van der Waals surface area contributed by atoms with Crippen molar-refractivity contribution in [3.63, 3.8) is 0 Å². The van der Waals surface area contributed by atoms with Gasteiger partial charge in [-0.15, -0.1) is 0 Å². The van der Waals surface area contributed by atoms with E-state index >= 15 is 0 Å². The smallest absolute Gasteiger partial charge is 0.213 e. The second kappa shape index (κ2) is 3.95. The Labute approximate surface area is 99.3 Å². The maximum Gasteiger partial charge on any atom is 0.213 e. The number of hydrogen-bond donors (Lipinski definition) is 0. The maximum absolute atomic E-state index is 12.9. The molecule has 3 nitrogen and oxygen atoms in total. The molecule has 3 rings (SSSR count). The third-order valence-electron chi connectivity index (χ3n) is 3.22. The van der Waals surface area contributed by atoms with Crippen molar-refractivity contribution in [1.29, 1.82) is 0 Å². The first-order valence-corrected chi connectivity index (χ1v) is 5.86. The minimum atomic E-state index is -0.417. The summed E-state index contributed by atoms with van der Waals surface area (Å²) in [6.07, 6.45) is 7.90. The Balaban J connectivity index is 1.88. The largest absolute Gasteiger partial charge is 0.330 e. The molecule has 1 aliphatic rings. The monoisotopic (exact) mass is 231 g/mol. The van der Waals surface area contributed by atoms with Crippen LogP contribution in [0.3, 0.4) is 0 Å². The summed E-state index contributed by atoms with van der Waals surface area (Å²) >= 11 is 0. The van der Waals surface area contributed by atoms with E-state index in [1.54, 1.807) is 6.20 Å². The molecule has 2 aromatic rings. The molecule has 0 spiro atoms. The maximum atomic E-state index is 12.9. The normalized spacial score (nSPS) is 15.2. The molecule has 17 heavy (non-hydrogen) atoms. The fraction of sp³-hybridized carbons (Fsp3) is 0.385. The van der Waals surface area contributed by atoms with Crippen LogP contribution in [0, 0.1) is 12.9 Å². The molecular formula is C13H14FN3. The first-order valence-electron chi connectivity index (χ1n) is 5.86. The van der Waals surface area contributed by atoms with E-state index in [1.165, 1.54) is 18.9 Å². The fourth-order valence-electron chi connectivity index (χ4n) is 2.05. The van der Waals surface area contributed by atoms with E-state index in [2.05, 4.69) is 14.5 Å². The van der Waals surface area contributed by atoms with Gasteiger partial charge in [-0.05, 0) is 37.0 Å². The van der Waals surface area contributed by atoms with E-state index in [0.717, 1.165) is 23.5 Å². The Morgan fingerprint density at radius 2 is 2.24 bits per heavy atom. The average molecular weight is 231 g/mol. The van der Waals surface area contributed by atoms with Gasteiger partial charge in [-0.25, -0.2) is 9.97 Å². The molecule has 0 atom stereocenters. The van der Waals surface area contributed by atoms with Crippen molar-refractivity contribution in [3.05, 3.63) is 47.6 Å². The van der Waals surface area contributed by atoms with Crippen LogP contribution >= 0.6 is 0 Å². The highest BCUT2D eigenvalue weighted by Gasteiger charge is 2.27. The molecule has 1 aliphatic carbocycles. The molecule has 1 fully saturated rings. The highest BCUT2D eigenvalue weighted by molar-refractivity contribution is 5.23. The minimum Gasteiger partial charge on any atom is -0.330 e. The Hall–Kier alpha value is -1.71. The molecule has 2 aromatic heterocycles. The van der Waals surface area contributed by atoms with Gasteiger partial charge >= 0.3 is 0 Å². The van der Waals surface area contributed by atoms with Crippen molar-refractivity contribution >= 4 is 0 Å². The summed E-state index contributed by atoms with van der Waals surface area (Å²) in [6, 6.07) is 1.48. The number of aryl methyl sites for hydroxylation is 1. The second-order valence-corrected chi connectivity index (χ2v) is 4.62. The van der Waals surface area contributed by atoms with Gasteiger partial charge in [0.25, 0.3) is 0 Å². The Bertz CT molecular complexity index is 543. The van der Waals surface area contributed by atoms with Crippen LogP contribution in [0.5, 0.6) is 0 Å². The quantitative estimate of drug-likeness (QED) is 0.760. The third kappa shape index (κ3) is 2.07. The zero-order valence-electron chi connectivity index (χ0n) is 9.73. The molecule has 0 aromatic carbocycles. The first kappa shape index (κ1) is 10.4. The van der Waals surface area contributed by atoms with Crippen molar-refractivity contribution in [2.45, 2.75) is 32.2 Å². The van der Waals surface area contributed by atoms with E-state index in [0.29, 0.717) is 5.92 Å². The summed E-state index contributed by atoms with van der Waals surface area (Å²) in [6.45, 7) is 2.64. The molecule has 4 heteroatoms. The molecule has 0 unspecified atom stereocenters. The predicted molar refractivity (Wildman–Crippen MR) is 62.2 cm³/mol. The fourth-order valence-corrected chi connectivity index (χ4v) is 2.05. The van der Waals surface area contributed by atoms with Crippen molar-refractivity contribution in [1.82, 2.24) is 14.5 Å². The van der Waals surface area contributed by atoms with Gasteiger partial charge in [0.2, 0.25) is 5.95 Å². The third-order valence-corrected chi connectivity index (χ3v) is 3.22. The van der Waals surface area contributed by atoms with Crippen molar-refractivity contribution in [2.24, 2.45) is 0 Å². The van der Waals surface area contributed by atoms with E-state index in [4.69, 9.17) is 0 Å². The summed E-state index contributed by atoms with van der Waals surface area (Å²) in [4.78, 5) is 8.10. The van der Waals surface area contributed by atoms with Crippen LogP contribution in [-0.2, 0) is 6.54 Å². The second-order valence-electron chi connectivity index (χ2n) is 4.62. The van der Waals surface area contributed by atoms with Gasteiger partial charge in [0.05, 0.1) is 6.54 Å². The van der Waals surface area contributed by atoms with Crippen LogP contribution in [0.25, 0.3) is 0 Å². The van der Waals surface area contributed by atoms with Crippen molar-refractivity contribution in [2.75, 3.05) is 0 Å². The summed E-state index contributed by atoms with van der Waals surface area (Å²) in [5.74, 6) is 1.35. The lowest BCUT2D eigenvalue weighted by Gasteiger charge is -2.09. The Morgan fingerprint density at radius 1 is 1.41 bits per heavy atom. The van der Waals surface area contributed by atoms with Gasteiger partial charge in [-0.3, -0.25) is 0 Å². The van der Waals surface area contributed by atoms with Crippen LogP contribution in [0.1, 0.15) is 35.7 Å². The highest BCUT2D eigenvalue weighted by atomic mass is 19.1. The molecule has 0 amide bonds. The zero-order chi connectivity index (χ0) is 11.8. The first-order chi connectivity index (χ1) is 8.24. The topological polar surface area (TPSA) is 30.7 Å². The van der Waals surface area contributed by atoms with Gasteiger partial charge in [0, 0.05) is 24.5 Å². The lowest BCUT2D eigenvalue weighted by molar-refractivity contribution is 0.579. The highest BCUT2D eigenvalue weighted by Crippen LogP contribution is 2.39. The predicted octanol–water partition coefficient (Wildman–Crippen LogP) is 2.65. The van der Waals surface area contributed by atoms with Gasteiger partial charge in [0.15, 0.2) is 0 Å². The molecule has 0 radical (unpaired) electrons. The number of aromatic nitrogens is 3. The summed E-state index contributed by atoms with van der Waals surface area (Å²) < 4.78 is 15.1. The van der Waals surface area contributed by atoms with Crippen molar-refractivity contribution in [3.8, 4) is 0 Å². The number of nitrogens with zero attached hydrogens (tertiary/aromatic N) is 3. The molecule has 1 saturated carbocycles. The van der Waals surface area contributed by atoms with Gasteiger partial charge < -0.3 is 4.57 Å². The van der Waals surface area contributed by atoms with Crippen LogP contribution in [0.4, 0.5) is 4.39 Å². The van der Waals surface area contributed by atoms with Crippen LogP contribution < -0.4 is 0 Å². The van der Waals surface area contributed by atoms with Crippen LogP contribution in [0.15, 0.2) is 24.7 Å². The number of rotatable bonds is 3. The van der Waals surface area contributed by atoms with Crippen LogP contribution in [-0.4, -0.2) is 14.5 Å². The average Bonchev–Trinajstić information content (AvgIpc) is 3.03. The van der Waals surface area contributed by atoms with E-state index in [9.17, 15) is 4.39 Å². The summed E-state index contributed by atoms with van der Waals surface area (Å²) in [5.41, 5.74) is 1.99. The molecule has 0 saturated heterocycles. The van der Waals surface area contributed by atoms with Gasteiger partial charge in [-0.1, -0.05) is 0 Å². The molecular weight excluding hydrogens is 217 g/mol. The lowest BCUT2D eigenvalue weighted by atomic mass is 10.1. The zero-order valence-corrected chi connectivity index (χ0v) is 9.73. The molecule has 0 N–H and O–H groups in total. The number of hydrogen-bond acceptors (Lipinski definition) is 2. The Kier molecular flexibility index (Phi) is 2.42. The minimum absolute atomic E-state index is 0.417. The summed E-state index contributed by atoms with van der Waals surface area (Å²) in [7, 11) is 0. The number of pyridine rings is 1. The standard InChI is InChI=1S/C13H14FN3/c1-9-6-12(14)16-7-11(9)8-17-5-4-15-13(17)10-2-3-10/h4-7,10H,2-3,8H2,1H3. The molecule has 88 valence electrons. The Morgan fingerprint density at radius 3 is 2.94 bits per heavy atom. The van der Waals surface area contributed by atoms with E-state index < -0.39 is 5.95 Å².